The van der Waals surface area contributed by atoms with Crippen molar-refractivity contribution in [3.8, 4) is 0 Å². The number of amides is 1. The van der Waals surface area contributed by atoms with E-state index in [1.165, 1.54) is 5.56 Å². The van der Waals surface area contributed by atoms with Crippen LogP contribution in [-0.2, 0) is 6.42 Å². The molecule has 2 N–H and O–H groups in total. The molecule has 0 unspecified atom stereocenters. The van der Waals surface area contributed by atoms with Gasteiger partial charge in [-0.25, -0.2) is 4.98 Å². The lowest BCUT2D eigenvalue weighted by molar-refractivity contribution is 0.0981. The van der Waals surface area contributed by atoms with Crippen LogP contribution in [0.25, 0.3) is 0 Å². The maximum atomic E-state index is 12.6. The van der Waals surface area contributed by atoms with Crippen molar-refractivity contribution < 1.29 is 4.79 Å². The van der Waals surface area contributed by atoms with Crippen LogP contribution < -0.4 is 10.6 Å². The molecule has 1 aliphatic heterocycles. The number of hydrogen-bond donors (Lipinski definition) is 1. The van der Waals surface area contributed by atoms with Gasteiger partial charge in [0.1, 0.15) is 0 Å². The summed E-state index contributed by atoms with van der Waals surface area (Å²) in [4.78, 5) is 18.5. The first-order chi connectivity index (χ1) is 9.27. The third kappa shape index (κ3) is 2.05. The average Bonchev–Trinajstić information content (AvgIpc) is 2.46. The normalized spacial score (nSPS) is 14.0. The molecule has 96 valence electrons. The number of pyridine rings is 1. The Kier molecular flexibility index (Phi) is 2.91. The van der Waals surface area contributed by atoms with Gasteiger partial charge < -0.3 is 10.6 Å². The van der Waals surface area contributed by atoms with Crippen LogP contribution in [0.3, 0.4) is 0 Å². The number of nitrogens with two attached hydrogens (primary N) is 1. The van der Waals surface area contributed by atoms with E-state index in [-0.39, 0.29) is 5.91 Å². The number of aromatic nitrogens is 1. The van der Waals surface area contributed by atoms with Crippen molar-refractivity contribution in [1.29, 1.82) is 0 Å². The molecule has 0 spiro atoms. The molecule has 2 aromatic rings. The summed E-state index contributed by atoms with van der Waals surface area (Å²) in [5, 5.41) is 0. The lowest BCUT2D eigenvalue weighted by atomic mass is 10.0. The van der Waals surface area contributed by atoms with Gasteiger partial charge in [-0.2, -0.15) is 0 Å². The average molecular weight is 253 g/mol. The van der Waals surface area contributed by atoms with Crippen LogP contribution in [0.4, 0.5) is 11.4 Å². The number of fused-ring (bicyclic) bond motifs is 1. The number of carbonyl (C=O) groups excluding carboxylic acids is 1. The molecule has 19 heavy (non-hydrogen) atoms. The van der Waals surface area contributed by atoms with Gasteiger partial charge in [0, 0.05) is 18.4 Å². The molecule has 1 aromatic carbocycles. The SMILES string of the molecule is Nc1cccnc1C(=O)N1CCCc2ccccc21. The van der Waals surface area contributed by atoms with E-state index in [9.17, 15) is 4.79 Å². The highest BCUT2D eigenvalue weighted by molar-refractivity contribution is 6.08. The number of nitrogens with zero attached hydrogens (tertiary/aromatic N) is 2. The number of hydrogen-bond acceptors (Lipinski definition) is 3. The predicted octanol–water partition coefficient (Wildman–Crippen LogP) is 2.26. The Morgan fingerprint density at radius 1 is 1.21 bits per heavy atom. The van der Waals surface area contributed by atoms with Crippen molar-refractivity contribution in [2.75, 3.05) is 17.2 Å². The number of carbonyl (C=O) groups is 1. The number of benzene rings is 1. The van der Waals surface area contributed by atoms with Crippen LogP contribution in [0.15, 0.2) is 42.6 Å². The molecular formula is C15H15N3O. The van der Waals surface area contributed by atoms with Gasteiger partial charge in [-0.3, -0.25) is 4.79 Å². The van der Waals surface area contributed by atoms with E-state index in [0.29, 0.717) is 17.9 Å². The topological polar surface area (TPSA) is 59.2 Å². The molecule has 0 fully saturated rings. The first-order valence-corrected chi connectivity index (χ1v) is 6.37. The molecule has 1 aromatic heterocycles. The predicted molar refractivity (Wildman–Crippen MR) is 75.1 cm³/mol. The number of anilines is 2. The van der Waals surface area contributed by atoms with Crippen molar-refractivity contribution in [3.63, 3.8) is 0 Å². The van der Waals surface area contributed by atoms with Gasteiger partial charge in [-0.1, -0.05) is 18.2 Å². The Bertz CT molecular complexity index is 624. The highest BCUT2D eigenvalue weighted by atomic mass is 16.2. The molecule has 0 saturated carbocycles. The van der Waals surface area contributed by atoms with Crippen molar-refractivity contribution in [2.45, 2.75) is 12.8 Å². The molecule has 1 aliphatic rings. The third-order valence-corrected chi connectivity index (χ3v) is 3.40. The highest BCUT2D eigenvalue weighted by Gasteiger charge is 2.25. The summed E-state index contributed by atoms with van der Waals surface area (Å²) in [7, 11) is 0. The lowest BCUT2D eigenvalue weighted by Crippen LogP contribution is -2.36. The summed E-state index contributed by atoms with van der Waals surface area (Å²) < 4.78 is 0. The Morgan fingerprint density at radius 2 is 2.05 bits per heavy atom. The number of nitrogen functional groups attached to an aromatic ring is 1. The zero-order valence-electron chi connectivity index (χ0n) is 10.5. The minimum Gasteiger partial charge on any atom is -0.397 e. The zero-order valence-corrected chi connectivity index (χ0v) is 10.5. The zero-order chi connectivity index (χ0) is 13.2. The van der Waals surface area contributed by atoms with Gasteiger partial charge in [0.2, 0.25) is 0 Å². The molecule has 0 bridgehead atoms. The minimum atomic E-state index is -0.120. The van der Waals surface area contributed by atoms with Crippen molar-refractivity contribution in [3.05, 3.63) is 53.9 Å². The van der Waals surface area contributed by atoms with Crippen LogP contribution in [0.1, 0.15) is 22.5 Å². The fraction of sp³-hybridized carbons (Fsp3) is 0.200. The van der Waals surface area contributed by atoms with E-state index < -0.39 is 0 Å². The molecule has 4 heteroatoms. The van der Waals surface area contributed by atoms with E-state index in [4.69, 9.17) is 5.73 Å². The summed E-state index contributed by atoms with van der Waals surface area (Å²) in [6, 6.07) is 11.4. The fourth-order valence-electron chi connectivity index (χ4n) is 2.47. The molecule has 0 atom stereocenters. The van der Waals surface area contributed by atoms with Crippen LogP contribution in [0.2, 0.25) is 0 Å². The molecule has 2 heterocycles. The maximum Gasteiger partial charge on any atom is 0.279 e. The van der Waals surface area contributed by atoms with E-state index in [1.54, 1.807) is 23.2 Å². The van der Waals surface area contributed by atoms with E-state index in [0.717, 1.165) is 18.5 Å². The van der Waals surface area contributed by atoms with Gasteiger partial charge >= 0.3 is 0 Å². The van der Waals surface area contributed by atoms with Crippen LogP contribution in [-0.4, -0.2) is 17.4 Å². The van der Waals surface area contributed by atoms with Crippen molar-refractivity contribution in [2.24, 2.45) is 0 Å². The lowest BCUT2D eigenvalue weighted by Gasteiger charge is -2.29. The molecule has 0 saturated heterocycles. The second kappa shape index (κ2) is 4.72. The monoisotopic (exact) mass is 253 g/mol. The first-order valence-electron chi connectivity index (χ1n) is 6.37. The smallest absolute Gasteiger partial charge is 0.279 e. The van der Waals surface area contributed by atoms with Gasteiger partial charge in [0.25, 0.3) is 5.91 Å². The van der Waals surface area contributed by atoms with E-state index in [1.807, 2.05) is 18.2 Å². The molecule has 0 aliphatic carbocycles. The number of para-hydroxylation sites is 1. The summed E-state index contributed by atoms with van der Waals surface area (Å²) in [5.74, 6) is -0.120. The first kappa shape index (κ1) is 11.7. The quantitative estimate of drug-likeness (QED) is 0.848. The molecule has 0 radical (unpaired) electrons. The van der Waals surface area contributed by atoms with Crippen molar-refractivity contribution >= 4 is 17.3 Å². The maximum absolute atomic E-state index is 12.6. The Morgan fingerprint density at radius 3 is 2.89 bits per heavy atom. The molecule has 4 nitrogen and oxygen atoms in total. The molecular weight excluding hydrogens is 238 g/mol. The summed E-state index contributed by atoms with van der Waals surface area (Å²) in [6.45, 7) is 0.714. The fourth-order valence-corrected chi connectivity index (χ4v) is 2.47. The Labute approximate surface area is 111 Å². The van der Waals surface area contributed by atoms with Gasteiger partial charge in [-0.15, -0.1) is 0 Å². The largest absolute Gasteiger partial charge is 0.397 e. The van der Waals surface area contributed by atoms with Gasteiger partial charge in [0.15, 0.2) is 5.69 Å². The summed E-state index contributed by atoms with van der Waals surface area (Å²) in [6.07, 6.45) is 3.58. The second-order valence-corrected chi connectivity index (χ2v) is 4.63. The van der Waals surface area contributed by atoms with Crippen LogP contribution in [0.5, 0.6) is 0 Å². The summed E-state index contributed by atoms with van der Waals surface area (Å²) >= 11 is 0. The van der Waals surface area contributed by atoms with E-state index in [2.05, 4.69) is 11.1 Å². The minimum absolute atomic E-state index is 0.120. The van der Waals surface area contributed by atoms with Gasteiger partial charge in [-0.05, 0) is 36.6 Å². The van der Waals surface area contributed by atoms with Crippen LogP contribution >= 0.6 is 0 Å². The number of rotatable bonds is 1. The van der Waals surface area contributed by atoms with E-state index >= 15 is 0 Å². The standard InChI is InChI=1S/C15H15N3O/c16-12-7-3-9-17-14(12)15(19)18-10-4-6-11-5-1-2-8-13(11)18/h1-3,5,7-9H,4,6,10,16H2. The third-order valence-electron chi connectivity index (χ3n) is 3.40. The molecule has 1 amide bonds. The Balaban J connectivity index is 2.00. The number of aryl methyl sites for hydroxylation is 1. The second-order valence-electron chi connectivity index (χ2n) is 4.63. The molecule has 3 rings (SSSR count). The summed E-state index contributed by atoms with van der Waals surface area (Å²) in [5.41, 5.74) is 8.78. The van der Waals surface area contributed by atoms with Crippen LogP contribution in [0, 0.1) is 0 Å². The highest BCUT2D eigenvalue weighted by Crippen LogP contribution is 2.28. The van der Waals surface area contributed by atoms with Gasteiger partial charge in [0.05, 0.1) is 5.69 Å². The Hall–Kier alpha value is -2.36. The van der Waals surface area contributed by atoms with Crippen molar-refractivity contribution in [1.82, 2.24) is 4.98 Å².